The summed E-state index contributed by atoms with van der Waals surface area (Å²) in [7, 11) is -1.76. The van der Waals surface area contributed by atoms with Crippen molar-refractivity contribution in [1.29, 1.82) is 0 Å². The first kappa shape index (κ1) is 14.3. The van der Waals surface area contributed by atoms with Gasteiger partial charge in [0.1, 0.15) is 0 Å². The number of hydrogen-bond donors (Lipinski definition) is 1. The molecule has 6 heteroatoms. The van der Waals surface area contributed by atoms with Gasteiger partial charge in [0.15, 0.2) is 0 Å². The molecule has 0 amide bonds. The second kappa shape index (κ2) is 5.90. The summed E-state index contributed by atoms with van der Waals surface area (Å²) in [5, 5.41) is 0. The van der Waals surface area contributed by atoms with Crippen molar-refractivity contribution >= 4 is 15.9 Å². The quantitative estimate of drug-likeness (QED) is 0.850. The number of benzene rings is 1. The number of para-hydroxylation sites is 1. The Bertz CT molecular complexity index is 524. The van der Waals surface area contributed by atoms with E-state index in [0.29, 0.717) is 25.3 Å². The average molecular weight is 283 g/mol. The normalized spacial score (nSPS) is 17.8. The van der Waals surface area contributed by atoms with Gasteiger partial charge in [0, 0.05) is 32.4 Å². The van der Waals surface area contributed by atoms with Gasteiger partial charge in [-0.2, -0.15) is 17.0 Å². The summed E-state index contributed by atoms with van der Waals surface area (Å²) < 4.78 is 27.8. The van der Waals surface area contributed by atoms with Crippen LogP contribution in [0.2, 0.25) is 0 Å². The lowest BCUT2D eigenvalue weighted by atomic mass is 10.2. The van der Waals surface area contributed by atoms with E-state index in [0.717, 1.165) is 24.8 Å². The number of nitrogens with zero attached hydrogens (tertiary/aromatic N) is 2. The summed E-state index contributed by atoms with van der Waals surface area (Å²) in [5.41, 5.74) is 7.32. The molecule has 1 fully saturated rings. The summed E-state index contributed by atoms with van der Waals surface area (Å²) in [5.74, 6) is 0. The molecule has 106 valence electrons. The number of piperidine rings is 1. The molecule has 0 unspecified atom stereocenters. The monoisotopic (exact) mass is 283 g/mol. The number of anilines is 1. The van der Waals surface area contributed by atoms with Gasteiger partial charge >= 0.3 is 0 Å². The highest BCUT2D eigenvalue weighted by molar-refractivity contribution is 7.86. The van der Waals surface area contributed by atoms with E-state index in [9.17, 15) is 8.42 Å². The van der Waals surface area contributed by atoms with Crippen molar-refractivity contribution in [1.82, 2.24) is 8.61 Å². The molecule has 1 aliphatic rings. The molecule has 0 radical (unpaired) electrons. The van der Waals surface area contributed by atoms with Gasteiger partial charge in [-0.05, 0) is 24.5 Å². The fraction of sp³-hybridized carbons (Fsp3) is 0.538. The first-order valence-corrected chi connectivity index (χ1v) is 7.96. The van der Waals surface area contributed by atoms with Crippen molar-refractivity contribution in [2.24, 2.45) is 0 Å². The van der Waals surface area contributed by atoms with Crippen LogP contribution < -0.4 is 5.73 Å². The highest BCUT2D eigenvalue weighted by Crippen LogP contribution is 2.19. The zero-order valence-corrected chi connectivity index (χ0v) is 12.1. The minimum atomic E-state index is -3.37. The Hall–Kier alpha value is -1.11. The van der Waals surface area contributed by atoms with E-state index >= 15 is 0 Å². The van der Waals surface area contributed by atoms with E-state index in [-0.39, 0.29) is 0 Å². The predicted octanol–water partition coefficient (Wildman–Crippen LogP) is 1.43. The summed E-state index contributed by atoms with van der Waals surface area (Å²) in [6.45, 7) is 1.55. The number of rotatable bonds is 4. The molecule has 0 bridgehead atoms. The summed E-state index contributed by atoms with van der Waals surface area (Å²) in [4.78, 5) is 0. The fourth-order valence-electron chi connectivity index (χ4n) is 2.29. The van der Waals surface area contributed by atoms with Gasteiger partial charge in [-0.3, -0.25) is 0 Å². The smallest absolute Gasteiger partial charge is 0.282 e. The van der Waals surface area contributed by atoms with Crippen LogP contribution in [0.4, 0.5) is 5.69 Å². The molecule has 0 aromatic heterocycles. The van der Waals surface area contributed by atoms with E-state index < -0.39 is 10.2 Å². The van der Waals surface area contributed by atoms with E-state index in [1.807, 2.05) is 18.2 Å². The molecule has 19 heavy (non-hydrogen) atoms. The third kappa shape index (κ3) is 3.26. The molecule has 1 saturated heterocycles. The Labute approximate surface area is 115 Å². The largest absolute Gasteiger partial charge is 0.398 e. The second-order valence-electron chi connectivity index (χ2n) is 4.92. The second-order valence-corrected chi connectivity index (χ2v) is 6.96. The molecule has 1 aromatic carbocycles. The van der Waals surface area contributed by atoms with Crippen LogP contribution in [-0.2, 0) is 16.8 Å². The molecule has 0 atom stereocenters. The Morgan fingerprint density at radius 2 is 1.84 bits per heavy atom. The Morgan fingerprint density at radius 1 is 1.21 bits per heavy atom. The van der Waals surface area contributed by atoms with Gasteiger partial charge in [-0.25, -0.2) is 0 Å². The van der Waals surface area contributed by atoms with Crippen LogP contribution >= 0.6 is 0 Å². The van der Waals surface area contributed by atoms with Crippen LogP contribution in [0.3, 0.4) is 0 Å². The van der Waals surface area contributed by atoms with Crippen molar-refractivity contribution < 1.29 is 8.42 Å². The van der Waals surface area contributed by atoms with Crippen LogP contribution in [0.5, 0.6) is 0 Å². The van der Waals surface area contributed by atoms with Crippen LogP contribution in [0.1, 0.15) is 24.8 Å². The first-order valence-electron chi connectivity index (χ1n) is 6.56. The van der Waals surface area contributed by atoms with Gasteiger partial charge < -0.3 is 5.73 Å². The minimum absolute atomic E-state index is 0.311. The van der Waals surface area contributed by atoms with E-state index in [1.54, 1.807) is 17.4 Å². The molecule has 5 nitrogen and oxygen atoms in total. The molecule has 0 spiro atoms. The highest BCUT2D eigenvalue weighted by atomic mass is 32.2. The van der Waals surface area contributed by atoms with E-state index in [1.165, 1.54) is 4.31 Å². The zero-order valence-electron chi connectivity index (χ0n) is 11.2. The maximum absolute atomic E-state index is 12.4. The number of nitrogen functional groups attached to an aromatic ring is 1. The Kier molecular flexibility index (Phi) is 4.44. The van der Waals surface area contributed by atoms with Gasteiger partial charge in [-0.1, -0.05) is 24.6 Å². The van der Waals surface area contributed by atoms with Crippen molar-refractivity contribution in [2.75, 3.05) is 25.9 Å². The van der Waals surface area contributed by atoms with Gasteiger partial charge in [-0.15, -0.1) is 0 Å². The predicted molar refractivity (Wildman–Crippen MR) is 76.7 cm³/mol. The number of nitrogens with two attached hydrogens (primary N) is 1. The number of hydrogen-bond acceptors (Lipinski definition) is 3. The van der Waals surface area contributed by atoms with Crippen molar-refractivity contribution in [3.63, 3.8) is 0 Å². The minimum Gasteiger partial charge on any atom is -0.398 e. The molecule has 2 rings (SSSR count). The van der Waals surface area contributed by atoms with Crippen molar-refractivity contribution in [3.05, 3.63) is 29.8 Å². The molecular weight excluding hydrogens is 262 g/mol. The lowest BCUT2D eigenvalue weighted by Gasteiger charge is -2.30. The lowest BCUT2D eigenvalue weighted by Crippen LogP contribution is -2.44. The molecule has 1 aromatic rings. The zero-order chi connectivity index (χ0) is 13.9. The molecular formula is C13H21N3O2S. The Morgan fingerprint density at radius 3 is 2.47 bits per heavy atom. The summed E-state index contributed by atoms with van der Waals surface area (Å²) in [6, 6.07) is 7.36. The highest BCUT2D eigenvalue weighted by Gasteiger charge is 2.28. The molecule has 0 aliphatic carbocycles. The van der Waals surface area contributed by atoms with E-state index in [4.69, 9.17) is 5.73 Å². The van der Waals surface area contributed by atoms with Crippen LogP contribution in [0.15, 0.2) is 24.3 Å². The van der Waals surface area contributed by atoms with Gasteiger partial charge in [0.25, 0.3) is 10.2 Å². The van der Waals surface area contributed by atoms with Crippen LogP contribution in [-0.4, -0.2) is 37.2 Å². The first-order chi connectivity index (χ1) is 9.01. The molecule has 2 N–H and O–H groups in total. The fourth-order valence-corrected chi connectivity index (χ4v) is 3.71. The van der Waals surface area contributed by atoms with Crippen LogP contribution in [0, 0.1) is 0 Å². The van der Waals surface area contributed by atoms with Crippen LogP contribution in [0.25, 0.3) is 0 Å². The third-order valence-corrected chi connectivity index (χ3v) is 5.42. The van der Waals surface area contributed by atoms with Crippen molar-refractivity contribution in [3.8, 4) is 0 Å². The van der Waals surface area contributed by atoms with Gasteiger partial charge in [0.05, 0.1) is 0 Å². The summed E-state index contributed by atoms with van der Waals surface area (Å²) in [6.07, 6.45) is 3.00. The standard InChI is InChI=1S/C13H21N3O2S/c1-15(11-12-7-3-4-8-13(12)14)19(17,18)16-9-5-2-6-10-16/h3-4,7-8H,2,5-6,9-11,14H2,1H3. The lowest BCUT2D eigenvalue weighted by molar-refractivity contribution is 0.314. The average Bonchev–Trinajstić information content (AvgIpc) is 2.42. The maximum Gasteiger partial charge on any atom is 0.282 e. The van der Waals surface area contributed by atoms with Gasteiger partial charge in [0.2, 0.25) is 0 Å². The topological polar surface area (TPSA) is 66.6 Å². The Balaban J connectivity index is 2.10. The SMILES string of the molecule is CN(Cc1ccccc1N)S(=O)(=O)N1CCCCC1. The molecule has 1 aliphatic heterocycles. The summed E-state index contributed by atoms with van der Waals surface area (Å²) >= 11 is 0. The van der Waals surface area contributed by atoms with Crippen molar-refractivity contribution in [2.45, 2.75) is 25.8 Å². The maximum atomic E-state index is 12.4. The molecule has 1 heterocycles. The third-order valence-electron chi connectivity index (χ3n) is 3.48. The van der Waals surface area contributed by atoms with E-state index in [2.05, 4.69) is 0 Å². The molecule has 0 saturated carbocycles.